The average Bonchev–Trinajstić information content (AvgIpc) is 2.05. The summed E-state index contributed by atoms with van der Waals surface area (Å²) in [5, 5.41) is 2.94. The van der Waals surface area contributed by atoms with Gasteiger partial charge in [0.25, 0.3) is 0 Å². The number of hydrogen-bond donors (Lipinski definition) is 1. The highest BCUT2D eigenvalue weighted by Crippen LogP contribution is 2.17. The molecule has 12 heavy (non-hydrogen) atoms. The maximum Gasteiger partial charge on any atom is 0.223 e. The van der Waals surface area contributed by atoms with Crippen LogP contribution < -0.4 is 5.32 Å². The van der Waals surface area contributed by atoms with E-state index in [4.69, 9.17) is 0 Å². The van der Waals surface area contributed by atoms with Crippen LogP contribution in [0.5, 0.6) is 0 Å². The van der Waals surface area contributed by atoms with Crippen LogP contribution in [-0.4, -0.2) is 11.9 Å². The second-order valence-electron chi connectivity index (χ2n) is 3.64. The lowest BCUT2D eigenvalue weighted by Gasteiger charge is -2.18. The van der Waals surface area contributed by atoms with Crippen LogP contribution in [0.25, 0.3) is 0 Å². The van der Waals surface area contributed by atoms with Crippen LogP contribution in [0.3, 0.4) is 0 Å². The van der Waals surface area contributed by atoms with Gasteiger partial charge >= 0.3 is 0 Å². The zero-order chi connectivity index (χ0) is 8.97. The minimum Gasteiger partial charge on any atom is -0.354 e. The predicted octanol–water partition coefficient (Wildman–Crippen LogP) is 1.87. The Morgan fingerprint density at radius 1 is 1.50 bits per heavy atom. The van der Waals surface area contributed by atoms with E-state index in [1.54, 1.807) is 0 Å². The third kappa shape index (κ3) is 2.68. The number of carbonyl (C=O) groups excluding carboxylic acids is 1. The van der Waals surface area contributed by atoms with Crippen molar-refractivity contribution in [3.8, 4) is 0 Å². The molecule has 0 bridgehead atoms. The normalized spacial score (nSPS) is 22.8. The molecule has 1 aliphatic rings. The highest BCUT2D eigenvalue weighted by atomic mass is 16.1. The first-order valence-electron chi connectivity index (χ1n) is 4.65. The van der Waals surface area contributed by atoms with Crippen LogP contribution >= 0.6 is 0 Å². The van der Waals surface area contributed by atoms with Gasteiger partial charge in [-0.25, -0.2) is 0 Å². The molecule has 0 aromatic carbocycles. The fourth-order valence-corrected chi connectivity index (χ4v) is 1.43. The molecule has 1 rings (SSSR count). The number of amides is 1. The van der Waals surface area contributed by atoms with Crippen LogP contribution in [0.15, 0.2) is 12.2 Å². The number of hydrogen-bond acceptors (Lipinski definition) is 1. The van der Waals surface area contributed by atoms with Gasteiger partial charge in [0.15, 0.2) is 0 Å². The van der Waals surface area contributed by atoms with E-state index in [0.717, 1.165) is 19.3 Å². The number of nitrogens with one attached hydrogen (secondary N) is 1. The van der Waals surface area contributed by atoms with Gasteiger partial charge in [0.1, 0.15) is 0 Å². The maximum absolute atomic E-state index is 11.5. The van der Waals surface area contributed by atoms with Crippen molar-refractivity contribution in [2.24, 2.45) is 5.92 Å². The van der Waals surface area contributed by atoms with Gasteiger partial charge in [0.2, 0.25) is 5.91 Å². The van der Waals surface area contributed by atoms with Crippen LogP contribution in [0, 0.1) is 5.92 Å². The Balaban J connectivity index is 2.36. The van der Waals surface area contributed by atoms with E-state index in [2.05, 4.69) is 17.5 Å². The average molecular weight is 167 g/mol. The quantitative estimate of drug-likeness (QED) is 0.625. The first-order valence-corrected chi connectivity index (χ1v) is 4.65. The van der Waals surface area contributed by atoms with E-state index >= 15 is 0 Å². The molecule has 0 heterocycles. The first kappa shape index (κ1) is 9.30. The fraction of sp³-hybridized carbons (Fsp3) is 0.700. The zero-order valence-corrected chi connectivity index (χ0v) is 7.84. The van der Waals surface area contributed by atoms with Gasteiger partial charge in [-0.2, -0.15) is 0 Å². The molecule has 1 N–H and O–H groups in total. The van der Waals surface area contributed by atoms with E-state index in [-0.39, 0.29) is 17.9 Å². The highest BCUT2D eigenvalue weighted by Gasteiger charge is 2.18. The number of carbonyl (C=O) groups is 1. The molecular weight excluding hydrogens is 150 g/mol. The number of rotatable bonds is 2. The van der Waals surface area contributed by atoms with Crippen molar-refractivity contribution < 1.29 is 4.79 Å². The van der Waals surface area contributed by atoms with Gasteiger partial charge < -0.3 is 5.32 Å². The minimum atomic E-state index is 0.217. The van der Waals surface area contributed by atoms with E-state index in [1.165, 1.54) is 0 Å². The van der Waals surface area contributed by atoms with E-state index in [1.807, 2.05) is 13.8 Å². The second-order valence-corrected chi connectivity index (χ2v) is 3.64. The van der Waals surface area contributed by atoms with Gasteiger partial charge in [0, 0.05) is 12.0 Å². The van der Waals surface area contributed by atoms with Gasteiger partial charge in [-0.3, -0.25) is 4.79 Å². The number of allylic oxidation sites excluding steroid dienone is 2. The van der Waals surface area contributed by atoms with E-state index in [0.29, 0.717) is 0 Å². The Hall–Kier alpha value is -0.790. The molecule has 1 aliphatic carbocycles. The summed E-state index contributed by atoms with van der Waals surface area (Å²) in [6.07, 6.45) is 7.23. The largest absolute Gasteiger partial charge is 0.354 e. The van der Waals surface area contributed by atoms with Crippen molar-refractivity contribution in [1.29, 1.82) is 0 Å². The molecule has 1 amide bonds. The van der Waals surface area contributed by atoms with Crippen molar-refractivity contribution >= 4 is 5.91 Å². The van der Waals surface area contributed by atoms with Crippen molar-refractivity contribution in [2.45, 2.75) is 39.2 Å². The lowest BCUT2D eigenvalue weighted by molar-refractivity contribution is -0.125. The molecule has 0 saturated carbocycles. The lowest BCUT2D eigenvalue weighted by Crippen LogP contribution is -2.35. The third-order valence-corrected chi connectivity index (χ3v) is 2.07. The van der Waals surface area contributed by atoms with Crippen molar-refractivity contribution in [1.82, 2.24) is 5.32 Å². The Labute approximate surface area is 74.0 Å². The maximum atomic E-state index is 11.5. The first-order chi connectivity index (χ1) is 5.70. The van der Waals surface area contributed by atoms with E-state index < -0.39 is 0 Å². The molecule has 2 nitrogen and oxygen atoms in total. The molecule has 68 valence electrons. The van der Waals surface area contributed by atoms with Crippen LogP contribution in [-0.2, 0) is 4.79 Å². The summed E-state index contributed by atoms with van der Waals surface area (Å²) in [4.78, 5) is 11.5. The van der Waals surface area contributed by atoms with Crippen molar-refractivity contribution in [3.05, 3.63) is 12.2 Å². The Morgan fingerprint density at radius 2 is 2.25 bits per heavy atom. The summed E-state index contributed by atoms with van der Waals surface area (Å²) in [7, 11) is 0. The fourth-order valence-electron chi connectivity index (χ4n) is 1.43. The predicted molar refractivity (Wildman–Crippen MR) is 49.8 cm³/mol. The monoisotopic (exact) mass is 167 g/mol. The Kier molecular flexibility index (Phi) is 3.32. The van der Waals surface area contributed by atoms with Gasteiger partial charge in [0.05, 0.1) is 0 Å². The summed E-state index contributed by atoms with van der Waals surface area (Å²) in [5.74, 6) is 0.437. The van der Waals surface area contributed by atoms with Gasteiger partial charge in [-0.1, -0.05) is 12.2 Å². The minimum absolute atomic E-state index is 0.217. The standard InChI is InChI=1S/C10H17NO/c1-8(2)11-10(12)9-6-4-3-5-7-9/h3-4,8-9H,5-7H2,1-2H3,(H,11,12). The van der Waals surface area contributed by atoms with Crippen molar-refractivity contribution in [2.75, 3.05) is 0 Å². The highest BCUT2D eigenvalue weighted by molar-refractivity contribution is 5.79. The smallest absolute Gasteiger partial charge is 0.223 e. The second kappa shape index (κ2) is 4.29. The zero-order valence-electron chi connectivity index (χ0n) is 7.84. The van der Waals surface area contributed by atoms with Crippen LogP contribution in [0.2, 0.25) is 0 Å². The van der Waals surface area contributed by atoms with Crippen molar-refractivity contribution in [3.63, 3.8) is 0 Å². The summed E-state index contributed by atoms with van der Waals surface area (Å²) in [5.41, 5.74) is 0. The molecule has 1 atom stereocenters. The topological polar surface area (TPSA) is 29.1 Å². The Morgan fingerprint density at radius 3 is 2.75 bits per heavy atom. The molecule has 0 fully saturated rings. The van der Waals surface area contributed by atoms with Gasteiger partial charge in [-0.15, -0.1) is 0 Å². The van der Waals surface area contributed by atoms with Gasteiger partial charge in [-0.05, 0) is 33.1 Å². The lowest BCUT2D eigenvalue weighted by atomic mass is 9.93. The summed E-state index contributed by atoms with van der Waals surface area (Å²) in [6.45, 7) is 3.99. The van der Waals surface area contributed by atoms with Crippen LogP contribution in [0.4, 0.5) is 0 Å². The summed E-state index contributed by atoms with van der Waals surface area (Å²) in [6, 6.07) is 0.267. The SMILES string of the molecule is CC(C)NC(=O)C1CC=CCC1. The molecule has 2 heteroatoms. The molecule has 1 unspecified atom stereocenters. The molecule has 0 aliphatic heterocycles. The molecule has 0 aromatic heterocycles. The van der Waals surface area contributed by atoms with Crippen LogP contribution in [0.1, 0.15) is 33.1 Å². The molecular formula is C10H17NO. The molecule has 0 aromatic rings. The van der Waals surface area contributed by atoms with E-state index in [9.17, 15) is 4.79 Å². The molecule has 0 spiro atoms. The summed E-state index contributed by atoms with van der Waals surface area (Å²) < 4.78 is 0. The molecule has 0 saturated heterocycles. The third-order valence-electron chi connectivity index (χ3n) is 2.07. The Bertz CT molecular complexity index is 184. The summed E-state index contributed by atoms with van der Waals surface area (Å²) >= 11 is 0. The molecule has 0 radical (unpaired) electrons.